The van der Waals surface area contributed by atoms with E-state index in [1.165, 1.54) is 12.5 Å². The number of aliphatic hydroxyl groups excluding tert-OH is 1. The lowest BCUT2D eigenvalue weighted by Crippen LogP contribution is -2.34. The fourth-order valence-corrected chi connectivity index (χ4v) is 3.38. The van der Waals surface area contributed by atoms with E-state index < -0.39 is 6.61 Å². The largest absolute Gasteiger partial charge is 0.387 e. The van der Waals surface area contributed by atoms with Crippen LogP contribution in [0.25, 0.3) is 11.0 Å². The first-order valence-electron chi connectivity index (χ1n) is 8.10. The number of hydrogen-bond acceptors (Lipinski definition) is 5. The monoisotopic (exact) mass is 335 g/mol. The van der Waals surface area contributed by atoms with Gasteiger partial charge in [-0.2, -0.15) is 0 Å². The molecule has 1 saturated heterocycles. The second-order valence-corrected chi connectivity index (χ2v) is 6.41. The molecule has 1 fully saturated rings. The number of likely N-dealkylation sites (tertiary alicyclic amines) is 1. The van der Waals surface area contributed by atoms with Crippen LogP contribution in [0, 0.1) is 11.7 Å². The Balaban J connectivity index is 1.70. The Labute approximate surface area is 139 Å². The molecule has 0 radical (unpaired) electrons. The van der Waals surface area contributed by atoms with Gasteiger partial charge in [-0.3, -0.25) is 4.79 Å². The highest BCUT2D eigenvalue weighted by atomic mass is 19.1. The second kappa shape index (κ2) is 6.72. The van der Waals surface area contributed by atoms with Crippen molar-refractivity contribution < 1.29 is 14.3 Å². The van der Waals surface area contributed by atoms with Crippen molar-refractivity contribution in [3.63, 3.8) is 0 Å². The van der Waals surface area contributed by atoms with Crippen LogP contribution < -0.4 is 4.90 Å². The van der Waals surface area contributed by atoms with E-state index in [4.69, 9.17) is 5.11 Å². The van der Waals surface area contributed by atoms with Crippen molar-refractivity contribution in [1.29, 1.82) is 0 Å². The summed E-state index contributed by atoms with van der Waals surface area (Å²) >= 11 is 0. The van der Waals surface area contributed by atoms with Crippen LogP contribution in [0.5, 0.6) is 0 Å². The van der Waals surface area contributed by atoms with Gasteiger partial charge in [-0.05, 0) is 25.7 Å². The number of carbonyl (C=O) groups excluding carboxylic acids is 1. The van der Waals surface area contributed by atoms with Crippen molar-refractivity contribution in [3.8, 4) is 0 Å². The molecule has 1 aliphatic heterocycles. The lowest BCUT2D eigenvalue weighted by molar-refractivity contribution is -0.133. The van der Waals surface area contributed by atoms with Crippen molar-refractivity contribution in [2.45, 2.75) is 25.8 Å². The van der Waals surface area contributed by atoms with Crippen molar-refractivity contribution in [2.24, 2.45) is 5.92 Å². The molecule has 1 amide bonds. The Hall–Kier alpha value is -2.22. The standard InChI is InChI=1S/C16H22FN5O2/c1-10(5-11-3-4-22(7-11)13(24)8-23)21(2)16-14-12(17)6-18-15(14)19-9-20-16/h6,9-11,23H,3-5,7-8H2,1-2H3,(H,18,19,20). The minimum absolute atomic E-state index is 0.131. The summed E-state index contributed by atoms with van der Waals surface area (Å²) in [5.41, 5.74) is 0.483. The number of nitrogens with one attached hydrogen (secondary N) is 1. The molecular formula is C16H22FN5O2. The van der Waals surface area contributed by atoms with E-state index in [0.29, 0.717) is 35.9 Å². The lowest BCUT2D eigenvalue weighted by Gasteiger charge is -2.28. The zero-order valence-electron chi connectivity index (χ0n) is 13.9. The molecule has 1 aliphatic rings. The number of rotatable bonds is 5. The van der Waals surface area contributed by atoms with Gasteiger partial charge >= 0.3 is 0 Å². The summed E-state index contributed by atoms with van der Waals surface area (Å²) in [6.45, 7) is 2.98. The number of anilines is 1. The summed E-state index contributed by atoms with van der Waals surface area (Å²) in [6, 6.07) is 0.131. The summed E-state index contributed by atoms with van der Waals surface area (Å²) in [6.07, 6.45) is 4.50. The summed E-state index contributed by atoms with van der Waals surface area (Å²) < 4.78 is 14.0. The Morgan fingerprint density at radius 1 is 1.58 bits per heavy atom. The summed E-state index contributed by atoms with van der Waals surface area (Å²) in [5, 5.41) is 9.35. The third-order valence-corrected chi connectivity index (χ3v) is 4.85. The van der Waals surface area contributed by atoms with E-state index in [2.05, 4.69) is 21.9 Å². The number of H-pyrrole nitrogens is 1. The van der Waals surface area contributed by atoms with Crippen molar-refractivity contribution in [3.05, 3.63) is 18.3 Å². The van der Waals surface area contributed by atoms with E-state index in [9.17, 15) is 9.18 Å². The number of aromatic nitrogens is 3. The molecule has 0 aromatic carbocycles. The van der Waals surface area contributed by atoms with Crippen LogP contribution in [0.3, 0.4) is 0 Å². The number of amides is 1. The molecule has 2 aromatic rings. The molecule has 7 nitrogen and oxygen atoms in total. The maximum atomic E-state index is 14.0. The molecule has 2 N–H and O–H groups in total. The van der Waals surface area contributed by atoms with Crippen LogP contribution in [0.1, 0.15) is 19.8 Å². The van der Waals surface area contributed by atoms with Crippen LogP contribution in [0.4, 0.5) is 10.2 Å². The molecule has 0 saturated carbocycles. The highest BCUT2D eigenvalue weighted by Crippen LogP contribution is 2.28. The normalized spacial score (nSPS) is 19.0. The minimum Gasteiger partial charge on any atom is -0.387 e. The number of carbonyl (C=O) groups is 1. The molecule has 2 atom stereocenters. The van der Waals surface area contributed by atoms with Crippen LogP contribution >= 0.6 is 0 Å². The van der Waals surface area contributed by atoms with Gasteiger partial charge in [-0.1, -0.05) is 0 Å². The Kier molecular flexibility index (Phi) is 4.66. The van der Waals surface area contributed by atoms with Crippen molar-refractivity contribution in [2.75, 3.05) is 31.6 Å². The summed E-state index contributed by atoms with van der Waals surface area (Å²) in [7, 11) is 1.89. The molecule has 8 heteroatoms. The molecule has 130 valence electrons. The topological polar surface area (TPSA) is 85.3 Å². The SMILES string of the molecule is CC(CC1CCN(C(=O)CO)C1)N(C)c1ncnc2[nH]cc(F)c12. The molecule has 0 spiro atoms. The number of halogens is 1. The van der Waals surface area contributed by atoms with Gasteiger partial charge in [0, 0.05) is 32.4 Å². The van der Waals surface area contributed by atoms with Crippen LogP contribution in [-0.2, 0) is 4.79 Å². The molecular weight excluding hydrogens is 313 g/mol. The predicted octanol–water partition coefficient (Wildman–Crippen LogP) is 1.15. The van der Waals surface area contributed by atoms with E-state index >= 15 is 0 Å². The second-order valence-electron chi connectivity index (χ2n) is 6.41. The molecule has 3 rings (SSSR count). The first-order chi connectivity index (χ1) is 11.5. The van der Waals surface area contributed by atoms with E-state index in [0.717, 1.165) is 12.8 Å². The highest BCUT2D eigenvalue weighted by molar-refractivity contribution is 5.88. The molecule has 0 aliphatic carbocycles. The van der Waals surface area contributed by atoms with Crippen molar-refractivity contribution >= 4 is 22.8 Å². The van der Waals surface area contributed by atoms with Gasteiger partial charge < -0.3 is 19.9 Å². The number of aliphatic hydroxyl groups is 1. The molecule has 2 aromatic heterocycles. The van der Waals surface area contributed by atoms with Crippen LogP contribution in [0.2, 0.25) is 0 Å². The van der Waals surface area contributed by atoms with Crippen LogP contribution in [0.15, 0.2) is 12.5 Å². The van der Waals surface area contributed by atoms with E-state index in [1.54, 1.807) is 4.90 Å². The Morgan fingerprint density at radius 3 is 3.12 bits per heavy atom. The van der Waals surface area contributed by atoms with E-state index in [1.807, 2.05) is 11.9 Å². The summed E-state index contributed by atoms with van der Waals surface area (Å²) in [4.78, 5) is 26.3. The number of fused-ring (bicyclic) bond motifs is 1. The van der Waals surface area contributed by atoms with Gasteiger partial charge in [0.2, 0.25) is 5.91 Å². The average Bonchev–Trinajstić information content (AvgIpc) is 3.20. The minimum atomic E-state index is -0.437. The van der Waals surface area contributed by atoms with Gasteiger partial charge in [-0.15, -0.1) is 0 Å². The number of hydrogen-bond donors (Lipinski definition) is 2. The predicted molar refractivity (Wildman–Crippen MR) is 88.1 cm³/mol. The fourth-order valence-electron chi connectivity index (χ4n) is 3.38. The highest BCUT2D eigenvalue weighted by Gasteiger charge is 2.28. The van der Waals surface area contributed by atoms with Gasteiger partial charge in [0.25, 0.3) is 0 Å². The first kappa shape index (κ1) is 16.6. The molecule has 0 bridgehead atoms. The van der Waals surface area contributed by atoms with Gasteiger partial charge in [0.05, 0.1) is 5.39 Å². The Morgan fingerprint density at radius 2 is 2.38 bits per heavy atom. The zero-order chi connectivity index (χ0) is 17.3. The molecule has 3 heterocycles. The molecule has 24 heavy (non-hydrogen) atoms. The summed E-state index contributed by atoms with van der Waals surface area (Å²) in [5.74, 6) is 0.351. The fraction of sp³-hybridized carbons (Fsp3) is 0.562. The zero-order valence-corrected chi connectivity index (χ0v) is 13.9. The lowest BCUT2D eigenvalue weighted by atomic mass is 9.99. The maximum absolute atomic E-state index is 14.0. The number of nitrogens with zero attached hydrogens (tertiary/aromatic N) is 4. The van der Waals surface area contributed by atoms with Gasteiger partial charge in [0.1, 0.15) is 24.4 Å². The molecule has 2 unspecified atom stereocenters. The smallest absolute Gasteiger partial charge is 0.248 e. The van der Waals surface area contributed by atoms with Crippen LogP contribution in [-0.4, -0.2) is 63.7 Å². The van der Waals surface area contributed by atoms with Gasteiger partial charge in [-0.25, -0.2) is 14.4 Å². The third-order valence-electron chi connectivity index (χ3n) is 4.85. The van der Waals surface area contributed by atoms with Crippen molar-refractivity contribution in [1.82, 2.24) is 19.9 Å². The maximum Gasteiger partial charge on any atom is 0.248 e. The average molecular weight is 335 g/mol. The Bertz CT molecular complexity index is 734. The first-order valence-corrected chi connectivity index (χ1v) is 8.10. The number of aromatic amines is 1. The van der Waals surface area contributed by atoms with Gasteiger partial charge in [0.15, 0.2) is 5.82 Å². The van der Waals surface area contributed by atoms with E-state index in [-0.39, 0.29) is 17.8 Å². The quantitative estimate of drug-likeness (QED) is 0.856. The third kappa shape index (κ3) is 3.06.